The summed E-state index contributed by atoms with van der Waals surface area (Å²) in [5.41, 5.74) is 0.122. The van der Waals surface area contributed by atoms with E-state index in [2.05, 4.69) is 10.3 Å². The van der Waals surface area contributed by atoms with Crippen molar-refractivity contribution in [1.29, 1.82) is 0 Å². The molecule has 2 N–H and O–H groups in total. The topological polar surface area (TPSA) is 79.3 Å². The lowest BCUT2D eigenvalue weighted by molar-refractivity contribution is -0.138. The van der Waals surface area contributed by atoms with Crippen molar-refractivity contribution in [3.8, 4) is 0 Å². The number of pyridine rings is 1. The molecular weight excluding hydrogens is 232 g/mol. The van der Waals surface area contributed by atoms with Crippen molar-refractivity contribution >= 4 is 11.9 Å². The molecule has 0 radical (unpaired) electrons. The van der Waals surface area contributed by atoms with Crippen molar-refractivity contribution < 1.29 is 14.7 Å². The van der Waals surface area contributed by atoms with Crippen molar-refractivity contribution in [2.24, 2.45) is 0 Å². The molecule has 98 valence electrons. The molecule has 5 heteroatoms. The Morgan fingerprint density at radius 1 is 1.39 bits per heavy atom. The maximum Gasteiger partial charge on any atom is 0.305 e. The molecule has 0 fully saturated rings. The molecule has 0 bridgehead atoms. The third-order valence-electron chi connectivity index (χ3n) is 2.41. The van der Waals surface area contributed by atoms with Gasteiger partial charge in [0, 0.05) is 23.9 Å². The van der Waals surface area contributed by atoms with Gasteiger partial charge in [-0.2, -0.15) is 0 Å². The van der Waals surface area contributed by atoms with Crippen LogP contribution in [-0.2, 0) is 16.0 Å². The van der Waals surface area contributed by atoms with Gasteiger partial charge in [0.15, 0.2) is 0 Å². The zero-order valence-corrected chi connectivity index (χ0v) is 10.6. The lowest BCUT2D eigenvalue weighted by Crippen LogP contribution is -2.45. The molecule has 0 spiro atoms. The van der Waals surface area contributed by atoms with Gasteiger partial charge in [0.05, 0.1) is 6.42 Å². The predicted molar refractivity (Wildman–Crippen MR) is 67.0 cm³/mol. The summed E-state index contributed by atoms with van der Waals surface area (Å²) in [6.07, 6.45) is 2.44. The number of nitrogens with zero attached hydrogens (tertiary/aromatic N) is 1. The first kappa shape index (κ1) is 14.2. The van der Waals surface area contributed by atoms with Crippen LogP contribution >= 0.6 is 0 Å². The molecular formula is C13H18N2O3. The van der Waals surface area contributed by atoms with Gasteiger partial charge in [0.2, 0.25) is 5.91 Å². The highest BCUT2D eigenvalue weighted by Gasteiger charge is 2.23. The summed E-state index contributed by atoms with van der Waals surface area (Å²) in [7, 11) is 0. The third kappa shape index (κ3) is 5.43. The van der Waals surface area contributed by atoms with E-state index >= 15 is 0 Å². The van der Waals surface area contributed by atoms with Gasteiger partial charge in [-0.3, -0.25) is 14.6 Å². The van der Waals surface area contributed by atoms with Crippen LogP contribution in [0.15, 0.2) is 24.4 Å². The van der Waals surface area contributed by atoms with E-state index < -0.39 is 11.5 Å². The summed E-state index contributed by atoms with van der Waals surface area (Å²) in [5, 5.41) is 11.4. The average Bonchev–Trinajstić information content (AvgIpc) is 2.25. The van der Waals surface area contributed by atoms with Crippen molar-refractivity contribution in [2.75, 3.05) is 0 Å². The first-order chi connectivity index (χ1) is 8.39. The van der Waals surface area contributed by atoms with Crippen molar-refractivity contribution in [2.45, 2.75) is 38.6 Å². The molecule has 0 saturated carbocycles. The molecule has 0 aliphatic rings. The Morgan fingerprint density at radius 2 is 2.11 bits per heavy atom. The molecule has 0 saturated heterocycles. The Bertz CT molecular complexity index is 416. The smallest absolute Gasteiger partial charge is 0.305 e. The van der Waals surface area contributed by atoms with Crippen LogP contribution in [0.4, 0.5) is 0 Å². The molecule has 1 aromatic rings. The number of aliphatic carboxylic acids is 1. The third-order valence-corrected chi connectivity index (χ3v) is 2.41. The van der Waals surface area contributed by atoms with Crippen LogP contribution in [0.1, 0.15) is 32.4 Å². The van der Waals surface area contributed by atoms with E-state index in [4.69, 9.17) is 5.11 Å². The lowest BCUT2D eigenvalue weighted by Gasteiger charge is -2.24. The normalized spacial score (nSPS) is 11.0. The van der Waals surface area contributed by atoms with Crippen LogP contribution in [0.2, 0.25) is 0 Å². The van der Waals surface area contributed by atoms with Crippen LogP contribution < -0.4 is 5.32 Å². The largest absolute Gasteiger partial charge is 0.481 e. The van der Waals surface area contributed by atoms with Gasteiger partial charge in [-0.15, -0.1) is 0 Å². The van der Waals surface area contributed by atoms with E-state index in [0.29, 0.717) is 12.8 Å². The minimum atomic E-state index is -0.926. The Labute approximate surface area is 106 Å². The zero-order chi connectivity index (χ0) is 13.6. The van der Waals surface area contributed by atoms with Gasteiger partial charge >= 0.3 is 5.97 Å². The Kier molecular flexibility index (Phi) is 4.83. The standard InChI is InChI=1S/C13H18N2O3/c1-13(2,9-12(17)18)15-11(16)7-6-10-5-3-4-8-14-10/h3-5,8H,6-7,9H2,1-2H3,(H,15,16)(H,17,18). The number of carboxylic acid groups (broad SMARTS) is 1. The molecule has 0 unspecified atom stereocenters. The minimum Gasteiger partial charge on any atom is -0.481 e. The number of rotatable bonds is 6. The molecule has 1 aromatic heterocycles. The van der Waals surface area contributed by atoms with E-state index in [0.717, 1.165) is 5.69 Å². The SMILES string of the molecule is CC(C)(CC(=O)O)NC(=O)CCc1ccccn1. The summed E-state index contributed by atoms with van der Waals surface area (Å²) in [6.45, 7) is 3.39. The number of nitrogens with one attached hydrogen (secondary N) is 1. The fourth-order valence-electron chi connectivity index (χ4n) is 1.65. The second kappa shape index (κ2) is 6.14. The molecule has 5 nitrogen and oxygen atoms in total. The van der Waals surface area contributed by atoms with E-state index in [1.807, 2.05) is 18.2 Å². The molecule has 0 aliphatic carbocycles. The zero-order valence-electron chi connectivity index (χ0n) is 10.6. The van der Waals surface area contributed by atoms with E-state index in [1.54, 1.807) is 20.0 Å². The quantitative estimate of drug-likeness (QED) is 0.799. The molecule has 0 atom stereocenters. The predicted octanol–water partition coefficient (Wildman–Crippen LogP) is 1.38. The van der Waals surface area contributed by atoms with Gasteiger partial charge < -0.3 is 10.4 Å². The second-order valence-electron chi connectivity index (χ2n) is 4.82. The highest BCUT2D eigenvalue weighted by Crippen LogP contribution is 2.09. The maximum absolute atomic E-state index is 11.7. The fourth-order valence-corrected chi connectivity index (χ4v) is 1.65. The molecule has 1 heterocycles. The highest BCUT2D eigenvalue weighted by molar-refractivity contribution is 5.78. The number of amides is 1. The summed E-state index contributed by atoms with van der Waals surface area (Å²) in [6, 6.07) is 5.55. The minimum absolute atomic E-state index is 0.0949. The average molecular weight is 250 g/mol. The number of aryl methyl sites for hydroxylation is 1. The molecule has 0 aromatic carbocycles. The first-order valence-corrected chi connectivity index (χ1v) is 5.82. The summed E-state index contributed by atoms with van der Waals surface area (Å²) in [5.74, 6) is -1.09. The number of carbonyl (C=O) groups excluding carboxylic acids is 1. The fraction of sp³-hybridized carbons (Fsp3) is 0.462. The molecule has 1 amide bonds. The van der Waals surface area contributed by atoms with Crippen LogP contribution in [-0.4, -0.2) is 27.5 Å². The van der Waals surface area contributed by atoms with Crippen LogP contribution in [0.5, 0.6) is 0 Å². The molecule has 18 heavy (non-hydrogen) atoms. The summed E-state index contributed by atoms with van der Waals surface area (Å²) < 4.78 is 0. The van der Waals surface area contributed by atoms with Crippen LogP contribution in [0.25, 0.3) is 0 Å². The van der Waals surface area contributed by atoms with E-state index in [9.17, 15) is 9.59 Å². The molecule has 1 rings (SSSR count). The van der Waals surface area contributed by atoms with Gasteiger partial charge in [-0.1, -0.05) is 6.07 Å². The highest BCUT2D eigenvalue weighted by atomic mass is 16.4. The van der Waals surface area contributed by atoms with E-state index in [-0.39, 0.29) is 12.3 Å². The van der Waals surface area contributed by atoms with Crippen molar-refractivity contribution in [3.63, 3.8) is 0 Å². The number of hydrogen-bond acceptors (Lipinski definition) is 3. The van der Waals surface area contributed by atoms with Gasteiger partial charge in [0.1, 0.15) is 0 Å². The van der Waals surface area contributed by atoms with Crippen LogP contribution in [0, 0.1) is 0 Å². The number of carbonyl (C=O) groups is 2. The maximum atomic E-state index is 11.7. The summed E-state index contributed by atoms with van der Waals surface area (Å²) >= 11 is 0. The molecule has 0 aliphatic heterocycles. The Hall–Kier alpha value is -1.91. The van der Waals surface area contributed by atoms with Gasteiger partial charge in [-0.05, 0) is 32.4 Å². The summed E-state index contributed by atoms with van der Waals surface area (Å²) in [4.78, 5) is 26.4. The van der Waals surface area contributed by atoms with E-state index in [1.165, 1.54) is 0 Å². The number of hydrogen-bond donors (Lipinski definition) is 2. The monoisotopic (exact) mass is 250 g/mol. The second-order valence-corrected chi connectivity index (χ2v) is 4.82. The van der Waals surface area contributed by atoms with Crippen molar-refractivity contribution in [1.82, 2.24) is 10.3 Å². The number of aromatic nitrogens is 1. The lowest BCUT2D eigenvalue weighted by atomic mass is 10.0. The van der Waals surface area contributed by atoms with Crippen molar-refractivity contribution in [3.05, 3.63) is 30.1 Å². The van der Waals surface area contributed by atoms with Gasteiger partial charge in [-0.25, -0.2) is 0 Å². The van der Waals surface area contributed by atoms with Gasteiger partial charge in [0.25, 0.3) is 0 Å². The Balaban J connectivity index is 2.40. The van der Waals surface area contributed by atoms with Crippen LogP contribution in [0.3, 0.4) is 0 Å². The Morgan fingerprint density at radius 3 is 2.67 bits per heavy atom. The number of carboxylic acids is 1. The first-order valence-electron chi connectivity index (χ1n) is 5.82.